The first kappa shape index (κ1) is 11.8. The van der Waals surface area contributed by atoms with E-state index in [0.717, 1.165) is 0 Å². The van der Waals surface area contributed by atoms with Gasteiger partial charge in [-0.25, -0.2) is 0 Å². The van der Waals surface area contributed by atoms with E-state index in [1.165, 1.54) is 12.3 Å². The number of hydrogen-bond donors (Lipinski definition) is 2. The van der Waals surface area contributed by atoms with Crippen LogP contribution in [0.4, 0.5) is 5.69 Å². The Bertz CT molecular complexity index is 563. The van der Waals surface area contributed by atoms with Gasteiger partial charge in [0.1, 0.15) is 0 Å². The number of carboxylic acids is 1. The van der Waals surface area contributed by atoms with Gasteiger partial charge < -0.3 is 14.9 Å². The van der Waals surface area contributed by atoms with Crippen LogP contribution >= 0.6 is 0 Å². The van der Waals surface area contributed by atoms with E-state index in [2.05, 4.69) is 10.5 Å². The molecule has 18 heavy (non-hydrogen) atoms. The summed E-state index contributed by atoms with van der Waals surface area (Å²) in [6, 6.07) is 8.06. The third-order valence-corrected chi connectivity index (χ3v) is 2.20. The lowest BCUT2D eigenvalue weighted by molar-refractivity contribution is -0.136. The summed E-state index contributed by atoms with van der Waals surface area (Å²) < 4.78 is 4.71. The summed E-state index contributed by atoms with van der Waals surface area (Å²) in [6.07, 6.45) is 1.28. The molecule has 0 saturated heterocycles. The van der Waals surface area contributed by atoms with E-state index in [4.69, 9.17) is 9.63 Å². The molecule has 0 radical (unpaired) electrons. The zero-order valence-corrected chi connectivity index (χ0v) is 9.29. The summed E-state index contributed by atoms with van der Waals surface area (Å²) in [7, 11) is 0. The van der Waals surface area contributed by atoms with Gasteiger partial charge in [-0.3, -0.25) is 9.59 Å². The third kappa shape index (κ3) is 2.94. The molecule has 2 N–H and O–H groups in total. The molecule has 1 amide bonds. The number of nitrogens with one attached hydrogen (secondary N) is 1. The van der Waals surface area contributed by atoms with Gasteiger partial charge >= 0.3 is 5.97 Å². The van der Waals surface area contributed by atoms with Gasteiger partial charge in [0.2, 0.25) is 5.76 Å². The number of carboxylic acid groups (broad SMARTS) is 1. The Morgan fingerprint density at radius 2 is 2.17 bits per heavy atom. The van der Waals surface area contributed by atoms with Crippen molar-refractivity contribution in [1.29, 1.82) is 0 Å². The highest BCUT2D eigenvalue weighted by molar-refractivity contribution is 6.02. The fraction of sp³-hybridized carbons (Fsp3) is 0.0833. The zero-order valence-electron chi connectivity index (χ0n) is 9.29. The van der Waals surface area contributed by atoms with Crippen molar-refractivity contribution in [2.75, 3.05) is 5.32 Å². The third-order valence-electron chi connectivity index (χ3n) is 2.20. The van der Waals surface area contributed by atoms with Gasteiger partial charge in [0.25, 0.3) is 5.91 Å². The van der Waals surface area contributed by atoms with Gasteiger partial charge in [-0.1, -0.05) is 17.3 Å². The molecular formula is C12H10N2O4. The molecule has 0 atom stereocenters. The molecule has 2 aromatic rings. The van der Waals surface area contributed by atoms with Crippen molar-refractivity contribution >= 4 is 17.6 Å². The maximum atomic E-state index is 11.6. The lowest BCUT2D eigenvalue weighted by Gasteiger charge is -2.04. The Balaban J connectivity index is 2.10. The molecule has 1 heterocycles. The number of hydrogen-bond acceptors (Lipinski definition) is 4. The second-order valence-corrected chi connectivity index (χ2v) is 3.60. The van der Waals surface area contributed by atoms with Gasteiger partial charge in [0, 0.05) is 11.8 Å². The minimum atomic E-state index is -0.922. The molecule has 0 aliphatic heterocycles. The first-order valence-corrected chi connectivity index (χ1v) is 5.18. The van der Waals surface area contributed by atoms with Crippen molar-refractivity contribution in [2.45, 2.75) is 6.42 Å². The highest BCUT2D eigenvalue weighted by Crippen LogP contribution is 2.12. The zero-order chi connectivity index (χ0) is 13.0. The van der Waals surface area contributed by atoms with Crippen LogP contribution in [0.5, 0.6) is 0 Å². The molecule has 92 valence electrons. The highest BCUT2D eigenvalue weighted by atomic mass is 16.5. The number of aromatic nitrogens is 1. The standard InChI is InChI=1S/C12H10N2O4/c15-11(16)7-8-2-1-3-9(6-8)14-12(17)10-4-5-13-18-10/h1-6H,7H2,(H,14,17)(H,15,16). The lowest BCUT2D eigenvalue weighted by Crippen LogP contribution is -2.11. The quantitative estimate of drug-likeness (QED) is 0.853. The SMILES string of the molecule is O=C(O)Cc1cccc(NC(=O)c2ccno2)c1. The molecule has 2 rings (SSSR count). The van der Waals surface area contributed by atoms with Crippen LogP contribution in [0.15, 0.2) is 41.1 Å². The summed E-state index contributed by atoms with van der Waals surface area (Å²) in [5.74, 6) is -1.26. The molecule has 0 saturated carbocycles. The number of anilines is 1. The van der Waals surface area contributed by atoms with Gasteiger partial charge in [-0.15, -0.1) is 0 Å². The van der Waals surface area contributed by atoms with Gasteiger partial charge in [-0.2, -0.15) is 0 Å². The average molecular weight is 246 g/mol. The van der Waals surface area contributed by atoms with Crippen LogP contribution in [0, 0.1) is 0 Å². The van der Waals surface area contributed by atoms with Crippen LogP contribution in [-0.4, -0.2) is 22.1 Å². The lowest BCUT2D eigenvalue weighted by atomic mass is 10.1. The molecule has 0 fully saturated rings. The Kier molecular flexibility index (Phi) is 3.38. The minimum absolute atomic E-state index is 0.0913. The Labute approximate surface area is 102 Å². The summed E-state index contributed by atoms with van der Waals surface area (Å²) in [4.78, 5) is 22.2. The van der Waals surface area contributed by atoms with Crippen molar-refractivity contribution < 1.29 is 19.2 Å². The molecule has 1 aromatic heterocycles. The smallest absolute Gasteiger partial charge is 0.307 e. The van der Waals surface area contributed by atoms with Crippen molar-refractivity contribution in [3.05, 3.63) is 47.9 Å². The van der Waals surface area contributed by atoms with Gasteiger partial charge in [0.15, 0.2) is 0 Å². The van der Waals surface area contributed by atoms with Gasteiger partial charge in [0.05, 0.1) is 12.6 Å². The largest absolute Gasteiger partial charge is 0.481 e. The summed E-state index contributed by atoms with van der Waals surface area (Å²) in [5.41, 5.74) is 1.12. The monoisotopic (exact) mass is 246 g/mol. The molecular weight excluding hydrogens is 236 g/mol. The number of carbonyl (C=O) groups excluding carboxylic acids is 1. The van der Waals surface area contributed by atoms with Crippen molar-refractivity contribution in [3.63, 3.8) is 0 Å². The predicted octanol–water partition coefficient (Wildman–Crippen LogP) is 1.55. The van der Waals surface area contributed by atoms with Crippen LogP contribution in [0.25, 0.3) is 0 Å². The molecule has 0 spiro atoms. The van der Waals surface area contributed by atoms with Crippen LogP contribution in [0.2, 0.25) is 0 Å². The van der Waals surface area contributed by atoms with Gasteiger partial charge in [-0.05, 0) is 17.7 Å². The van der Waals surface area contributed by atoms with Crippen LogP contribution in [-0.2, 0) is 11.2 Å². The number of rotatable bonds is 4. The molecule has 0 aliphatic rings. The first-order chi connectivity index (χ1) is 8.65. The second-order valence-electron chi connectivity index (χ2n) is 3.60. The predicted molar refractivity (Wildman–Crippen MR) is 62.2 cm³/mol. The fourth-order valence-corrected chi connectivity index (χ4v) is 1.46. The summed E-state index contributed by atoms with van der Waals surface area (Å²) >= 11 is 0. The number of amides is 1. The molecule has 0 aliphatic carbocycles. The highest BCUT2D eigenvalue weighted by Gasteiger charge is 2.10. The van der Waals surface area contributed by atoms with E-state index in [9.17, 15) is 9.59 Å². The molecule has 6 nitrogen and oxygen atoms in total. The van der Waals surface area contributed by atoms with E-state index < -0.39 is 11.9 Å². The number of benzene rings is 1. The number of aliphatic carboxylic acids is 1. The van der Waals surface area contributed by atoms with Crippen molar-refractivity contribution in [1.82, 2.24) is 5.16 Å². The van der Waals surface area contributed by atoms with E-state index in [0.29, 0.717) is 11.3 Å². The molecule has 0 unspecified atom stereocenters. The van der Waals surface area contributed by atoms with E-state index in [1.54, 1.807) is 24.3 Å². The van der Waals surface area contributed by atoms with Crippen LogP contribution in [0.1, 0.15) is 16.1 Å². The topological polar surface area (TPSA) is 92.4 Å². The van der Waals surface area contributed by atoms with E-state index in [1.807, 2.05) is 0 Å². The van der Waals surface area contributed by atoms with Crippen molar-refractivity contribution in [2.24, 2.45) is 0 Å². The summed E-state index contributed by atoms with van der Waals surface area (Å²) in [5, 5.41) is 14.7. The second kappa shape index (κ2) is 5.13. The Hall–Kier alpha value is -2.63. The Morgan fingerprint density at radius 1 is 1.33 bits per heavy atom. The maximum Gasteiger partial charge on any atom is 0.307 e. The van der Waals surface area contributed by atoms with Crippen LogP contribution in [0.3, 0.4) is 0 Å². The fourth-order valence-electron chi connectivity index (χ4n) is 1.46. The number of nitrogens with zero attached hydrogens (tertiary/aromatic N) is 1. The summed E-state index contributed by atoms with van der Waals surface area (Å²) in [6.45, 7) is 0. The molecule has 0 bridgehead atoms. The Morgan fingerprint density at radius 3 is 2.83 bits per heavy atom. The minimum Gasteiger partial charge on any atom is -0.481 e. The molecule has 1 aromatic carbocycles. The van der Waals surface area contributed by atoms with E-state index >= 15 is 0 Å². The first-order valence-electron chi connectivity index (χ1n) is 5.18. The molecule has 6 heteroatoms. The van der Waals surface area contributed by atoms with Crippen LogP contribution < -0.4 is 5.32 Å². The normalized spacial score (nSPS) is 10.0. The average Bonchev–Trinajstić information content (AvgIpc) is 2.81. The van der Waals surface area contributed by atoms with Crippen molar-refractivity contribution in [3.8, 4) is 0 Å². The van der Waals surface area contributed by atoms with E-state index in [-0.39, 0.29) is 12.2 Å². The number of carbonyl (C=O) groups is 2. The maximum absolute atomic E-state index is 11.6.